The molecule has 2 aromatic carbocycles. The Morgan fingerprint density at radius 1 is 0.977 bits per heavy atom. The Balaban J connectivity index is 0.00000169. The SMILES string of the molecule is CCC.CCCC(CC1CC(=O)c2c(ccc(CC3=CC(c4cccc(C(C)=O)c4)=CC3)c2C)C1)C(CC)C(=O)CC(C)=O. The fraction of sp³-hybridized carbons (Fsp3) is 0.500. The summed E-state index contributed by atoms with van der Waals surface area (Å²) in [4.78, 5) is 49.8. The van der Waals surface area contributed by atoms with Crippen molar-refractivity contribution < 1.29 is 19.2 Å². The molecule has 0 radical (unpaired) electrons. The maximum absolute atomic E-state index is 13.5. The average molecular weight is 597 g/mol. The van der Waals surface area contributed by atoms with Crippen LogP contribution in [0, 0.1) is 24.7 Å². The summed E-state index contributed by atoms with van der Waals surface area (Å²) in [6.45, 7) is 13.6. The Kier molecular flexibility index (Phi) is 13.2. The number of fused-ring (bicyclic) bond motifs is 1. The predicted molar refractivity (Wildman–Crippen MR) is 181 cm³/mol. The first kappa shape index (κ1) is 35.1. The first-order valence-corrected chi connectivity index (χ1v) is 16.7. The molecule has 0 amide bonds. The molecule has 0 aliphatic heterocycles. The number of hydrogen-bond donors (Lipinski definition) is 0. The average Bonchev–Trinajstić information content (AvgIpc) is 3.43. The maximum atomic E-state index is 13.5. The number of Topliss-reactive ketones (excluding diaryl/α,β-unsaturated/α-hetero) is 4. The highest BCUT2D eigenvalue weighted by molar-refractivity contribution is 6.01. The molecule has 2 aliphatic rings. The van der Waals surface area contributed by atoms with Crippen LogP contribution < -0.4 is 0 Å². The van der Waals surface area contributed by atoms with Gasteiger partial charge in [0.15, 0.2) is 11.6 Å². The van der Waals surface area contributed by atoms with Crippen LogP contribution in [0.3, 0.4) is 0 Å². The van der Waals surface area contributed by atoms with Crippen LogP contribution in [0.15, 0.2) is 54.1 Å². The van der Waals surface area contributed by atoms with Crippen LogP contribution in [0.4, 0.5) is 0 Å². The van der Waals surface area contributed by atoms with Crippen LogP contribution in [0.2, 0.25) is 0 Å². The van der Waals surface area contributed by atoms with Crippen molar-refractivity contribution in [3.8, 4) is 0 Å². The lowest BCUT2D eigenvalue weighted by molar-refractivity contribution is -0.129. The summed E-state index contributed by atoms with van der Waals surface area (Å²) < 4.78 is 0. The van der Waals surface area contributed by atoms with E-state index in [1.807, 2.05) is 31.2 Å². The third kappa shape index (κ3) is 9.06. The third-order valence-corrected chi connectivity index (χ3v) is 9.03. The normalized spacial score (nSPS) is 17.1. The first-order valence-electron chi connectivity index (χ1n) is 16.7. The number of benzene rings is 2. The fourth-order valence-electron chi connectivity index (χ4n) is 7.02. The fourth-order valence-corrected chi connectivity index (χ4v) is 7.02. The minimum atomic E-state index is -0.109. The molecule has 0 saturated heterocycles. The van der Waals surface area contributed by atoms with Crippen LogP contribution >= 0.6 is 0 Å². The van der Waals surface area contributed by atoms with E-state index in [4.69, 9.17) is 0 Å². The van der Waals surface area contributed by atoms with Crippen molar-refractivity contribution in [1.82, 2.24) is 0 Å². The van der Waals surface area contributed by atoms with Crippen molar-refractivity contribution in [2.75, 3.05) is 0 Å². The van der Waals surface area contributed by atoms with E-state index in [0.29, 0.717) is 6.42 Å². The summed E-state index contributed by atoms with van der Waals surface area (Å²) >= 11 is 0. The Morgan fingerprint density at radius 2 is 1.70 bits per heavy atom. The summed E-state index contributed by atoms with van der Waals surface area (Å²) in [7, 11) is 0. The molecule has 3 unspecified atom stereocenters. The van der Waals surface area contributed by atoms with Gasteiger partial charge in [-0.25, -0.2) is 0 Å². The molecule has 0 saturated carbocycles. The summed E-state index contributed by atoms with van der Waals surface area (Å²) in [6, 6.07) is 12.1. The molecular formula is C40H52O4. The van der Waals surface area contributed by atoms with Gasteiger partial charge >= 0.3 is 0 Å². The number of allylic oxidation sites excluding steroid dienone is 4. The lowest BCUT2D eigenvalue weighted by Crippen LogP contribution is -2.30. The zero-order valence-corrected chi connectivity index (χ0v) is 28.1. The van der Waals surface area contributed by atoms with Gasteiger partial charge in [0.1, 0.15) is 11.6 Å². The highest BCUT2D eigenvalue weighted by atomic mass is 16.1. The third-order valence-electron chi connectivity index (χ3n) is 9.03. The van der Waals surface area contributed by atoms with E-state index in [9.17, 15) is 19.2 Å². The maximum Gasteiger partial charge on any atom is 0.163 e. The molecule has 44 heavy (non-hydrogen) atoms. The van der Waals surface area contributed by atoms with E-state index in [-0.39, 0.29) is 47.3 Å². The van der Waals surface area contributed by atoms with Gasteiger partial charge in [0, 0.05) is 23.5 Å². The molecule has 0 N–H and O–H groups in total. The predicted octanol–water partition coefficient (Wildman–Crippen LogP) is 9.70. The van der Waals surface area contributed by atoms with Gasteiger partial charge in [-0.15, -0.1) is 0 Å². The number of hydrogen-bond acceptors (Lipinski definition) is 4. The smallest absolute Gasteiger partial charge is 0.163 e. The van der Waals surface area contributed by atoms with Crippen LogP contribution in [-0.4, -0.2) is 23.1 Å². The number of carbonyl (C=O) groups excluding carboxylic acids is 4. The van der Waals surface area contributed by atoms with Crippen molar-refractivity contribution in [1.29, 1.82) is 0 Å². The Labute approximate surface area is 265 Å². The Bertz CT molecular complexity index is 1420. The monoisotopic (exact) mass is 596 g/mol. The van der Waals surface area contributed by atoms with Crippen LogP contribution in [0.1, 0.15) is 136 Å². The van der Waals surface area contributed by atoms with Crippen molar-refractivity contribution in [3.63, 3.8) is 0 Å². The standard InChI is InChI=1S/C37H44O4.C3H8/c1-6-9-32(34(7-2)35(40)16-23(3)38)19-27-20-33-15-14-28(24(4)37(33)36(41)21-27)17-26-12-13-31(18-26)30-11-8-10-29(22-30)25(5)39;1-3-2/h8,10-11,13-15,18,22,27,32,34H,6-7,9,12,16-17,19-21H2,1-5H3;3H2,1-2H3. The molecule has 0 fully saturated rings. The second-order valence-corrected chi connectivity index (χ2v) is 12.9. The summed E-state index contributed by atoms with van der Waals surface area (Å²) in [6.07, 6.45) is 12.3. The lowest BCUT2D eigenvalue weighted by atomic mass is 9.71. The van der Waals surface area contributed by atoms with Gasteiger partial charge in [0.2, 0.25) is 0 Å². The van der Waals surface area contributed by atoms with E-state index in [1.165, 1.54) is 24.5 Å². The number of ketones is 4. The van der Waals surface area contributed by atoms with Crippen molar-refractivity contribution in [3.05, 3.63) is 87.5 Å². The highest BCUT2D eigenvalue weighted by Crippen LogP contribution is 2.38. The molecule has 4 heteroatoms. The molecular weight excluding hydrogens is 544 g/mol. The Hall–Kier alpha value is -3.40. The van der Waals surface area contributed by atoms with Gasteiger partial charge < -0.3 is 0 Å². The molecule has 0 spiro atoms. The van der Waals surface area contributed by atoms with Gasteiger partial charge in [-0.05, 0) is 98.6 Å². The molecule has 4 nitrogen and oxygen atoms in total. The highest BCUT2D eigenvalue weighted by Gasteiger charge is 2.33. The molecule has 3 atom stereocenters. The Morgan fingerprint density at radius 3 is 2.34 bits per heavy atom. The van der Waals surface area contributed by atoms with Crippen molar-refractivity contribution >= 4 is 28.7 Å². The van der Waals surface area contributed by atoms with Gasteiger partial charge in [-0.2, -0.15) is 0 Å². The first-order chi connectivity index (χ1) is 21.0. The van der Waals surface area contributed by atoms with Gasteiger partial charge in [-0.3, -0.25) is 19.2 Å². The molecule has 0 aromatic heterocycles. The minimum Gasteiger partial charge on any atom is -0.300 e. The number of rotatable bonds is 13. The largest absolute Gasteiger partial charge is 0.300 e. The second-order valence-electron chi connectivity index (χ2n) is 12.9. The minimum absolute atomic E-state index is 0.0192. The quantitative estimate of drug-likeness (QED) is 0.170. The molecule has 0 heterocycles. The summed E-state index contributed by atoms with van der Waals surface area (Å²) in [5.41, 5.74) is 8.54. The molecule has 2 aliphatic carbocycles. The number of carbonyl (C=O) groups is 4. The van der Waals surface area contributed by atoms with Gasteiger partial charge in [0.05, 0.1) is 6.42 Å². The van der Waals surface area contributed by atoms with Crippen molar-refractivity contribution in [2.24, 2.45) is 17.8 Å². The summed E-state index contributed by atoms with van der Waals surface area (Å²) in [5, 5.41) is 0. The van der Waals surface area contributed by atoms with Crippen molar-refractivity contribution in [2.45, 2.75) is 113 Å². The molecule has 2 aromatic rings. The topological polar surface area (TPSA) is 68.3 Å². The van der Waals surface area contributed by atoms with Crippen LogP contribution in [-0.2, 0) is 22.4 Å². The second kappa shape index (κ2) is 16.6. The molecule has 236 valence electrons. The van der Waals surface area contributed by atoms with Gasteiger partial charge in [-0.1, -0.05) is 95.0 Å². The lowest BCUT2D eigenvalue weighted by Gasteiger charge is -2.32. The van der Waals surface area contributed by atoms with Crippen LogP contribution in [0.25, 0.3) is 5.57 Å². The zero-order chi connectivity index (χ0) is 32.4. The van der Waals surface area contributed by atoms with E-state index >= 15 is 0 Å². The van der Waals surface area contributed by atoms with E-state index < -0.39 is 0 Å². The molecule has 4 rings (SSSR count). The molecule has 0 bridgehead atoms. The zero-order valence-electron chi connectivity index (χ0n) is 28.1. The van der Waals surface area contributed by atoms with E-state index in [0.717, 1.165) is 78.3 Å². The summed E-state index contributed by atoms with van der Waals surface area (Å²) in [5.74, 6) is 0.608. The van der Waals surface area contributed by atoms with Gasteiger partial charge in [0.25, 0.3) is 0 Å². The van der Waals surface area contributed by atoms with Crippen LogP contribution in [0.5, 0.6) is 0 Å². The van der Waals surface area contributed by atoms with E-state index in [2.05, 4.69) is 52.0 Å². The van der Waals surface area contributed by atoms with E-state index in [1.54, 1.807) is 6.92 Å².